The predicted molar refractivity (Wildman–Crippen MR) is 104 cm³/mol. The third-order valence-corrected chi connectivity index (χ3v) is 5.23. The van der Waals surface area contributed by atoms with E-state index in [1.807, 2.05) is 48.7 Å². The van der Waals surface area contributed by atoms with E-state index < -0.39 is 0 Å². The number of rotatable bonds is 7. The Bertz CT molecular complexity index is 876. The van der Waals surface area contributed by atoms with Gasteiger partial charge in [0.25, 0.3) is 5.91 Å². The molecule has 2 aromatic heterocycles. The van der Waals surface area contributed by atoms with Gasteiger partial charge in [-0.2, -0.15) is 5.10 Å². The summed E-state index contributed by atoms with van der Waals surface area (Å²) in [7, 11) is 1.77. The van der Waals surface area contributed by atoms with Crippen LogP contribution in [0.5, 0.6) is 5.75 Å². The molecule has 3 rings (SSSR count). The van der Waals surface area contributed by atoms with Gasteiger partial charge in [-0.1, -0.05) is 29.8 Å². The van der Waals surface area contributed by atoms with E-state index in [1.54, 1.807) is 22.8 Å². The molecule has 0 N–H and O–H groups in total. The molecule has 0 fully saturated rings. The summed E-state index contributed by atoms with van der Waals surface area (Å²) < 4.78 is 7.53. The second-order valence-electron chi connectivity index (χ2n) is 5.84. The fourth-order valence-electron chi connectivity index (χ4n) is 2.55. The van der Waals surface area contributed by atoms with E-state index in [-0.39, 0.29) is 5.91 Å². The number of aryl methyl sites for hydroxylation is 1. The van der Waals surface area contributed by atoms with Crippen molar-refractivity contribution in [3.05, 3.63) is 69.1 Å². The van der Waals surface area contributed by atoms with Crippen molar-refractivity contribution in [1.82, 2.24) is 14.7 Å². The highest BCUT2D eigenvalue weighted by Gasteiger charge is 2.18. The lowest BCUT2D eigenvalue weighted by Gasteiger charge is -2.17. The first-order valence-electron chi connectivity index (χ1n) is 8.29. The zero-order chi connectivity index (χ0) is 18.5. The number of halogens is 1. The van der Waals surface area contributed by atoms with Gasteiger partial charge in [-0.05, 0) is 30.5 Å². The highest BCUT2D eigenvalue weighted by molar-refractivity contribution is 7.12. The summed E-state index contributed by atoms with van der Waals surface area (Å²) in [5.74, 6) is 0.770. The average molecular weight is 390 g/mol. The molecular formula is C19H20ClN3O2S. The molecule has 136 valence electrons. The second kappa shape index (κ2) is 8.38. The SMILES string of the molecule is CCn1ncc(Cl)c1CN(C)C(=O)c1cc(COc2ccccc2)cs1. The molecule has 0 saturated carbocycles. The number of aromatic nitrogens is 2. The first-order chi connectivity index (χ1) is 12.6. The Morgan fingerprint density at radius 1 is 1.35 bits per heavy atom. The molecule has 0 aliphatic heterocycles. The largest absolute Gasteiger partial charge is 0.489 e. The molecule has 7 heteroatoms. The standard InChI is InChI=1S/C19H20ClN3O2S/c1-3-23-17(16(20)10-21-23)11-22(2)19(24)18-9-14(13-26-18)12-25-15-7-5-4-6-8-15/h4-10,13H,3,11-12H2,1-2H3. The van der Waals surface area contributed by atoms with Crippen molar-refractivity contribution < 1.29 is 9.53 Å². The van der Waals surface area contributed by atoms with Crippen LogP contribution in [0.2, 0.25) is 5.02 Å². The third-order valence-electron chi connectivity index (χ3n) is 3.94. The molecule has 1 amide bonds. The van der Waals surface area contributed by atoms with Crippen LogP contribution in [0.25, 0.3) is 0 Å². The Balaban J connectivity index is 1.62. The Morgan fingerprint density at radius 2 is 2.12 bits per heavy atom. The Morgan fingerprint density at radius 3 is 2.85 bits per heavy atom. The van der Waals surface area contributed by atoms with Crippen LogP contribution in [-0.4, -0.2) is 27.6 Å². The Labute approximate surface area is 161 Å². The average Bonchev–Trinajstić information content (AvgIpc) is 3.27. The van der Waals surface area contributed by atoms with Crippen LogP contribution < -0.4 is 4.74 Å². The quantitative estimate of drug-likeness (QED) is 0.599. The molecule has 0 spiro atoms. The number of benzene rings is 1. The number of nitrogens with zero attached hydrogens (tertiary/aromatic N) is 3. The van der Waals surface area contributed by atoms with Crippen LogP contribution in [0, 0.1) is 0 Å². The molecule has 0 radical (unpaired) electrons. The van der Waals surface area contributed by atoms with Crippen molar-refractivity contribution in [3.8, 4) is 5.75 Å². The van der Waals surface area contributed by atoms with Gasteiger partial charge in [0.1, 0.15) is 12.4 Å². The number of hydrogen-bond donors (Lipinski definition) is 0. The van der Waals surface area contributed by atoms with E-state index in [0.29, 0.717) is 29.6 Å². The lowest BCUT2D eigenvalue weighted by molar-refractivity contribution is 0.0786. The minimum Gasteiger partial charge on any atom is -0.489 e. The summed E-state index contributed by atoms with van der Waals surface area (Å²) in [5, 5.41) is 6.74. The zero-order valence-corrected chi connectivity index (χ0v) is 16.3. The summed E-state index contributed by atoms with van der Waals surface area (Å²) >= 11 is 7.61. The van der Waals surface area contributed by atoms with Gasteiger partial charge in [0.2, 0.25) is 0 Å². The summed E-state index contributed by atoms with van der Waals surface area (Å²) in [4.78, 5) is 15.0. The topological polar surface area (TPSA) is 47.4 Å². The van der Waals surface area contributed by atoms with Gasteiger partial charge in [0, 0.05) is 19.2 Å². The first kappa shape index (κ1) is 18.5. The summed E-state index contributed by atoms with van der Waals surface area (Å²) in [6.45, 7) is 3.56. The van der Waals surface area contributed by atoms with Crippen LogP contribution in [0.1, 0.15) is 27.9 Å². The molecule has 0 atom stereocenters. The molecule has 0 unspecified atom stereocenters. The molecule has 0 aliphatic rings. The fraction of sp³-hybridized carbons (Fsp3) is 0.263. The number of hydrogen-bond acceptors (Lipinski definition) is 4. The van der Waals surface area contributed by atoms with Gasteiger partial charge in [-0.15, -0.1) is 11.3 Å². The van der Waals surface area contributed by atoms with Gasteiger partial charge in [-0.3, -0.25) is 9.48 Å². The van der Waals surface area contributed by atoms with Gasteiger partial charge in [0.15, 0.2) is 0 Å². The van der Waals surface area contributed by atoms with E-state index in [2.05, 4.69) is 5.10 Å². The number of carbonyl (C=O) groups is 1. The second-order valence-corrected chi connectivity index (χ2v) is 7.16. The molecule has 0 bridgehead atoms. The Hall–Kier alpha value is -2.31. The fourth-order valence-corrected chi connectivity index (χ4v) is 3.64. The molecule has 1 aromatic carbocycles. The van der Waals surface area contributed by atoms with Crippen molar-refractivity contribution >= 4 is 28.8 Å². The molecule has 26 heavy (non-hydrogen) atoms. The number of thiophene rings is 1. The zero-order valence-electron chi connectivity index (χ0n) is 14.7. The summed E-state index contributed by atoms with van der Waals surface area (Å²) in [6.07, 6.45) is 1.61. The van der Waals surface area contributed by atoms with Crippen molar-refractivity contribution in [1.29, 1.82) is 0 Å². The number of para-hydroxylation sites is 1. The maximum absolute atomic E-state index is 12.7. The maximum atomic E-state index is 12.7. The van der Waals surface area contributed by atoms with Crippen LogP contribution in [0.15, 0.2) is 48.0 Å². The number of carbonyl (C=O) groups excluding carboxylic acids is 1. The first-order valence-corrected chi connectivity index (χ1v) is 9.55. The Kier molecular flexibility index (Phi) is 5.96. The third kappa shape index (κ3) is 4.26. The van der Waals surface area contributed by atoms with Gasteiger partial charge in [0.05, 0.1) is 28.3 Å². The molecular weight excluding hydrogens is 370 g/mol. The summed E-state index contributed by atoms with van der Waals surface area (Å²) in [6, 6.07) is 11.5. The van der Waals surface area contributed by atoms with Crippen molar-refractivity contribution in [2.45, 2.75) is 26.6 Å². The van der Waals surface area contributed by atoms with Crippen LogP contribution in [0.4, 0.5) is 0 Å². The highest BCUT2D eigenvalue weighted by Crippen LogP contribution is 2.21. The van der Waals surface area contributed by atoms with Crippen molar-refractivity contribution in [2.75, 3.05) is 7.05 Å². The summed E-state index contributed by atoms with van der Waals surface area (Å²) in [5.41, 5.74) is 1.82. The molecule has 2 heterocycles. The van der Waals surface area contributed by atoms with Gasteiger partial charge < -0.3 is 9.64 Å². The lowest BCUT2D eigenvalue weighted by atomic mass is 10.3. The van der Waals surface area contributed by atoms with Crippen molar-refractivity contribution in [2.24, 2.45) is 0 Å². The number of amides is 1. The van der Waals surface area contributed by atoms with Crippen LogP contribution >= 0.6 is 22.9 Å². The molecule has 3 aromatic rings. The van der Waals surface area contributed by atoms with Crippen LogP contribution in [-0.2, 0) is 19.7 Å². The molecule has 5 nitrogen and oxygen atoms in total. The molecule has 0 aliphatic carbocycles. The maximum Gasteiger partial charge on any atom is 0.264 e. The van der Waals surface area contributed by atoms with E-state index in [9.17, 15) is 4.79 Å². The minimum atomic E-state index is -0.0409. The smallest absolute Gasteiger partial charge is 0.264 e. The lowest BCUT2D eigenvalue weighted by Crippen LogP contribution is -2.27. The van der Waals surface area contributed by atoms with E-state index in [1.165, 1.54) is 11.3 Å². The predicted octanol–water partition coefficient (Wildman–Crippen LogP) is 4.47. The minimum absolute atomic E-state index is 0.0409. The van der Waals surface area contributed by atoms with E-state index >= 15 is 0 Å². The van der Waals surface area contributed by atoms with Crippen LogP contribution in [0.3, 0.4) is 0 Å². The highest BCUT2D eigenvalue weighted by atomic mass is 35.5. The van der Waals surface area contributed by atoms with Gasteiger partial charge in [-0.25, -0.2) is 0 Å². The van der Waals surface area contributed by atoms with E-state index in [0.717, 1.165) is 17.0 Å². The van der Waals surface area contributed by atoms with Gasteiger partial charge >= 0.3 is 0 Å². The molecule has 0 saturated heterocycles. The monoisotopic (exact) mass is 389 g/mol. The normalized spacial score (nSPS) is 10.7. The number of ether oxygens (including phenoxy) is 1. The van der Waals surface area contributed by atoms with E-state index in [4.69, 9.17) is 16.3 Å². The van der Waals surface area contributed by atoms with Crippen molar-refractivity contribution in [3.63, 3.8) is 0 Å².